The minimum atomic E-state index is -4.45. The minimum Gasteiger partial charge on any atom is -0.497 e. The second kappa shape index (κ2) is 4.57. The summed E-state index contributed by atoms with van der Waals surface area (Å²) in [7, 11) is 1.31. The molecule has 0 radical (unpaired) electrons. The van der Waals surface area contributed by atoms with Gasteiger partial charge in [0.15, 0.2) is 0 Å². The Kier molecular flexibility index (Phi) is 3.59. The highest BCUT2D eigenvalue weighted by Crippen LogP contribution is 2.36. The van der Waals surface area contributed by atoms with Crippen molar-refractivity contribution < 1.29 is 17.9 Å². The van der Waals surface area contributed by atoms with E-state index in [1.54, 1.807) is 0 Å². The number of alkyl halides is 3. The first-order chi connectivity index (χ1) is 7.40. The maximum atomic E-state index is 12.7. The van der Waals surface area contributed by atoms with Gasteiger partial charge in [-0.1, -0.05) is 12.1 Å². The monoisotopic (exact) mass is 231 g/mol. The molecule has 0 amide bonds. The van der Waals surface area contributed by atoms with Crippen LogP contribution >= 0.6 is 0 Å². The molecule has 2 N–H and O–H groups in total. The van der Waals surface area contributed by atoms with Crippen LogP contribution in [0.4, 0.5) is 13.2 Å². The topological polar surface area (TPSA) is 35.2 Å². The van der Waals surface area contributed by atoms with Crippen LogP contribution in [0.25, 0.3) is 0 Å². The van der Waals surface area contributed by atoms with E-state index in [1.807, 2.05) is 0 Å². The van der Waals surface area contributed by atoms with Crippen LogP contribution in [-0.4, -0.2) is 7.11 Å². The summed E-state index contributed by atoms with van der Waals surface area (Å²) in [6.07, 6.45) is -3.19. The van der Waals surface area contributed by atoms with Gasteiger partial charge in [-0.05, 0) is 17.7 Å². The van der Waals surface area contributed by atoms with Gasteiger partial charge in [0.1, 0.15) is 5.75 Å². The first kappa shape index (κ1) is 12.6. The zero-order valence-electron chi connectivity index (χ0n) is 8.71. The molecule has 0 fully saturated rings. The maximum absolute atomic E-state index is 12.7. The van der Waals surface area contributed by atoms with Crippen molar-refractivity contribution in [2.75, 3.05) is 7.11 Å². The van der Waals surface area contributed by atoms with Crippen LogP contribution in [0.3, 0.4) is 0 Å². The van der Waals surface area contributed by atoms with E-state index >= 15 is 0 Å². The Hall–Kier alpha value is -1.49. The molecule has 1 aromatic rings. The molecule has 0 spiro atoms. The van der Waals surface area contributed by atoms with Gasteiger partial charge < -0.3 is 10.5 Å². The summed E-state index contributed by atoms with van der Waals surface area (Å²) in [5, 5.41) is 0. The Bertz CT molecular complexity index is 387. The lowest BCUT2D eigenvalue weighted by Crippen LogP contribution is -2.16. The molecule has 0 saturated heterocycles. The molecule has 16 heavy (non-hydrogen) atoms. The fourth-order valence-electron chi connectivity index (χ4n) is 1.33. The van der Waals surface area contributed by atoms with E-state index < -0.39 is 17.8 Å². The van der Waals surface area contributed by atoms with E-state index in [4.69, 9.17) is 10.5 Å². The van der Waals surface area contributed by atoms with Crippen molar-refractivity contribution in [3.8, 4) is 5.75 Å². The van der Waals surface area contributed by atoms with Crippen molar-refractivity contribution in [1.29, 1.82) is 0 Å². The largest absolute Gasteiger partial charge is 0.497 e. The highest BCUT2D eigenvalue weighted by molar-refractivity contribution is 5.40. The van der Waals surface area contributed by atoms with Gasteiger partial charge in [-0.25, -0.2) is 0 Å². The molecule has 1 atom stereocenters. The third-order valence-electron chi connectivity index (χ3n) is 2.18. The van der Waals surface area contributed by atoms with Crippen molar-refractivity contribution in [3.05, 3.63) is 42.0 Å². The van der Waals surface area contributed by atoms with Gasteiger partial charge in [0.05, 0.1) is 12.7 Å². The third kappa shape index (κ3) is 2.55. The number of hydrogen-bond acceptors (Lipinski definition) is 2. The Balaban J connectivity index is 3.33. The highest BCUT2D eigenvalue weighted by atomic mass is 19.4. The van der Waals surface area contributed by atoms with Crippen LogP contribution in [0.5, 0.6) is 5.75 Å². The molecule has 0 aliphatic heterocycles. The fraction of sp³-hybridized carbons (Fsp3) is 0.273. The predicted molar refractivity (Wildman–Crippen MR) is 55.1 cm³/mol. The number of nitrogens with two attached hydrogens (primary N) is 1. The normalized spacial score (nSPS) is 13.3. The molecule has 88 valence electrons. The minimum absolute atomic E-state index is 0.0108. The van der Waals surface area contributed by atoms with Crippen LogP contribution in [0, 0.1) is 0 Å². The molecule has 0 aliphatic carbocycles. The van der Waals surface area contributed by atoms with Gasteiger partial charge in [0, 0.05) is 6.04 Å². The van der Waals surface area contributed by atoms with E-state index in [0.29, 0.717) is 0 Å². The summed E-state index contributed by atoms with van der Waals surface area (Å²) >= 11 is 0. The molecule has 1 aromatic carbocycles. The second-order valence-corrected chi connectivity index (χ2v) is 3.21. The third-order valence-corrected chi connectivity index (χ3v) is 2.18. The number of rotatable bonds is 3. The zero-order chi connectivity index (χ0) is 12.3. The second-order valence-electron chi connectivity index (χ2n) is 3.21. The van der Waals surface area contributed by atoms with Crippen molar-refractivity contribution in [2.45, 2.75) is 12.2 Å². The van der Waals surface area contributed by atoms with Gasteiger partial charge in [0.25, 0.3) is 0 Å². The van der Waals surface area contributed by atoms with E-state index in [2.05, 4.69) is 6.58 Å². The van der Waals surface area contributed by atoms with Crippen LogP contribution < -0.4 is 10.5 Å². The molecule has 0 aromatic heterocycles. The molecular formula is C11H12F3NO. The Labute approximate surface area is 91.5 Å². The van der Waals surface area contributed by atoms with Crippen molar-refractivity contribution in [3.63, 3.8) is 0 Å². The molecule has 1 rings (SSSR count). The maximum Gasteiger partial charge on any atom is 0.416 e. The van der Waals surface area contributed by atoms with Gasteiger partial charge in [-0.3, -0.25) is 0 Å². The SMILES string of the molecule is C=C[C@H](N)c1ccc(OC)cc1C(F)(F)F. The van der Waals surface area contributed by atoms with Crippen molar-refractivity contribution >= 4 is 0 Å². The smallest absolute Gasteiger partial charge is 0.416 e. The van der Waals surface area contributed by atoms with E-state index in [-0.39, 0.29) is 11.3 Å². The van der Waals surface area contributed by atoms with Gasteiger partial charge in [0.2, 0.25) is 0 Å². The van der Waals surface area contributed by atoms with Crippen LogP contribution in [0.2, 0.25) is 0 Å². The first-order valence-electron chi connectivity index (χ1n) is 4.53. The van der Waals surface area contributed by atoms with Gasteiger partial charge in [-0.2, -0.15) is 13.2 Å². The Morgan fingerprint density at radius 3 is 2.50 bits per heavy atom. The molecule has 0 saturated carbocycles. The molecule has 0 aliphatic rings. The zero-order valence-corrected chi connectivity index (χ0v) is 8.71. The first-order valence-corrected chi connectivity index (χ1v) is 4.53. The molecule has 0 heterocycles. The van der Waals surface area contributed by atoms with Crippen LogP contribution in [-0.2, 0) is 6.18 Å². The lowest BCUT2D eigenvalue weighted by atomic mass is 10.00. The summed E-state index contributed by atoms with van der Waals surface area (Å²) in [4.78, 5) is 0. The average molecular weight is 231 g/mol. The van der Waals surface area contributed by atoms with Crippen molar-refractivity contribution in [2.24, 2.45) is 5.73 Å². The Morgan fingerprint density at radius 1 is 1.44 bits per heavy atom. The summed E-state index contributed by atoms with van der Waals surface area (Å²) in [5.74, 6) is 0.146. The quantitative estimate of drug-likeness (QED) is 0.812. The lowest BCUT2D eigenvalue weighted by molar-refractivity contribution is -0.138. The summed E-state index contributed by atoms with van der Waals surface area (Å²) in [5.41, 5.74) is 4.72. The van der Waals surface area contributed by atoms with Crippen LogP contribution in [0.1, 0.15) is 17.2 Å². The van der Waals surface area contributed by atoms with E-state index in [0.717, 1.165) is 6.07 Å². The standard InChI is InChI=1S/C11H12F3NO/c1-3-10(15)8-5-4-7(16-2)6-9(8)11(12,13)14/h3-6,10H,1,15H2,2H3/t10-/m0/s1. The van der Waals surface area contributed by atoms with Crippen LogP contribution in [0.15, 0.2) is 30.9 Å². The number of hydrogen-bond donors (Lipinski definition) is 1. The number of ether oxygens (including phenoxy) is 1. The molecule has 5 heteroatoms. The lowest BCUT2D eigenvalue weighted by Gasteiger charge is -2.16. The number of halogens is 3. The van der Waals surface area contributed by atoms with Gasteiger partial charge >= 0.3 is 6.18 Å². The summed E-state index contributed by atoms with van der Waals surface area (Å²) in [6, 6.07) is 2.82. The Morgan fingerprint density at radius 2 is 2.06 bits per heavy atom. The number of benzene rings is 1. The highest BCUT2D eigenvalue weighted by Gasteiger charge is 2.34. The number of methoxy groups -OCH3 is 1. The van der Waals surface area contributed by atoms with Crippen molar-refractivity contribution in [1.82, 2.24) is 0 Å². The summed E-state index contributed by atoms with van der Waals surface area (Å²) < 4.78 is 42.9. The van der Waals surface area contributed by atoms with E-state index in [9.17, 15) is 13.2 Å². The molecule has 0 bridgehead atoms. The van der Waals surface area contributed by atoms with Gasteiger partial charge in [-0.15, -0.1) is 6.58 Å². The molecule has 2 nitrogen and oxygen atoms in total. The van der Waals surface area contributed by atoms with E-state index in [1.165, 1.54) is 25.3 Å². The average Bonchev–Trinajstić information content (AvgIpc) is 2.26. The molecule has 0 unspecified atom stereocenters. The fourth-order valence-corrected chi connectivity index (χ4v) is 1.33. The molecular weight excluding hydrogens is 219 g/mol. The summed E-state index contributed by atoms with van der Waals surface area (Å²) in [6.45, 7) is 3.38. The predicted octanol–water partition coefficient (Wildman–Crippen LogP) is 2.90.